The summed E-state index contributed by atoms with van der Waals surface area (Å²) < 4.78 is 11.0. The first kappa shape index (κ1) is 23.8. The molecule has 1 unspecified atom stereocenters. The van der Waals surface area contributed by atoms with E-state index in [-0.39, 0.29) is 11.9 Å². The quantitative estimate of drug-likeness (QED) is 0.297. The Bertz CT molecular complexity index is 1400. The van der Waals surface area contributed by atoms with Crippen LogP contribution in [0.25, 0.3) is 11.3 Å². The highest BCUT2D eigenvalue weighted by Crippen LogP contribution is 2.38. The molecule has 0 spiro atoms. The molecule has 7 heteroatoms. The number of hydrogen-bond donors (Lipinski definition) is 0. The molecule has 0 saturated carbocycles. The van der Waals surface area contributed by atoms with Gasteiger partial charge in [-0.05, 0) is 55.3 Å². The monoisotopic (exact) mass is 498 g/mol. The van der Waals surface area contributed by atoms with Gasteiger partial charge in [-0.3, -0.25) is 4.79 Å². The normalized spacial score (nSPS) is 14.8. The van der Waals surface area contributed by atoms with Crippen LogP contribution in [0.3, 0.4) is 0 Å². The molecule has 0 radical (unpaired) electrons. The van der Waals surface area contributed by atoms with Gasteiger partial charge in [0, 0.05) is 17.4 Å². The van der Waals surface area contributed by atoms with Crippen LogP contribution in [0.5, 0.6) is 5.75 Å². The molecule has 3 aromatic carbocycles. The lowest BCUT2D eigenvalue weighted by Gasteiger charge is -2.33. The van der Waals surface area contributed by atoms with Crippen LogP contribution < -0.4 is 9.64 Å². The number of carbonyl (C=O) groups excluding carboxylic acids is 2. The molecule has 182 valence electrons. The largest absolute Gasteiger partial charge is 0.479 e. The van der Waals surface area contributed by atoms with Gasteiger partial charge in [0.2, 0.25) is 0 Å². The summed E-state index contributed by atoms with van der Waals surface area (Å²) in [6.45, 7) is 4.14. The van der Waals surface area contributed by atoms with Crippen LogP contribution in [0.1, 0.15) is 40.3 Å². The van der Waals surface area contributed by atoms with E-state index in [1.807, 2.05) is 47.8 Å². The number of nitrogens with zero attached hydrogens (tertiary/aromatic N) is 2. The lowest BCUT2D eigenvalue weighted by molar-refractivity contribution is -0.125. The van der Waals surface area contributed by atoms with Crippen LogP contribution in [0.2, 0.25) is 0 Å². The predicted molar refractivity (Wildman–Crippen MR) is 140 cm³/mol. The molecule has 0 aliphatic carbocycles. The molecule has 0 bridgehead atoms. The molecule has 1 aliphatic rings. The molecule has 0 fully saturated rings. The summed E-state index contributed by atoms with van der Waals surface area (Å²) in [6.07, 6.45) is 0.173. The molecule has 2 heterocycles. The Balaban J connectivity index is 1.43. The summed E-state index contributed by atoms with van der Waals surface area (Å²) in [4.78, 5) is 31.9. The Morgan fingerprint density at radius 3 is 2.67 bits per heavy atom. The van der Waals surface area contributed by atoms with Gasteiger partial charge in [-0.2, -0.15) is 0 Å². The van der Waals surface area contributed by atoms with Gasteiger partial charge in [-0.1, -0.05) is 42.5 Å². The Morgan fingerprint density at radius 1 is 1.06 bits per heavy atom. The third kappa shape index (κ3) is 5.02. The van der Waals surface area contributed by atoms with Gasteiger partial charge in [-0.15, -0.1) is 11.3 Å². The lowest BCUT2D eigenvalue weighted by Crippen LogP contribution is -2.44. The number of aromatic nitrogens is 1. The molecular weight excluding hydrogens is 472 g/mol. The fourth-order valence-corrected chi connectivity index (χ4v) is 5.06. The van der Waals surface area contributed by atoms with Crippen molar-refractivity contribution in [1.29, 1.82) is 0 Å². The Morgan fingerprint density at radius 2 is 1.86 bits per heavy atom. The third-order valence-electron chi connectivity index (χ3n) is 5.99. The number of fused-ring (bicyclic) bond motifs is 1. The maximum Gasteiger partial charge on any atom is 0.338 e. The van der Waals surface area contributed by atoms with Gasteiger partial charge in [0.05, 0.1) is 35.1 Å². The number of amides is 1. The van der Waals surface area contributed by atoms with Crippen molar-refractivity contribution in [2.75, 3.05) is 11.5 Å². The van der Waals surface area contributed by atoms with Gasteiger partial charge >= 0.3 is 5.97 Å². The fourth-order valence-electron chi connectivity index (χ4n) is 4.22. The highest BCUT2D eigenvalue weighted by atomic mass is 32.1. The number of hydrogen-bond acceptors (Lipinski definition) is 6. The average molecular weight is 499 g/mol. The molecule has 6 nitrogen and oxygen atoms in total. The topological polar surface area (TPSA) is 68.7 Å². The SMILES string of the molecule is CCOC(=O)c1cccc(CN2C(=O)C(C)Oc3ccc(-c4csc(Cc5ccccc5)n4)cc32)c1. The minimum Gasteiger partial charge on any atom is -0.479 e. The van der Waals surface area contributed by atoms with Crippen molar-refractivity contribution in [2.24, 2.45) is 0 Å². The van der Waals surface area contributed by atoms with E-state index >= 15 is 0 Å². The molecule has 5 rings (SSSR count). The van der Waals surface area contributed by atoms with Gasteiger partial charge in [0.15, 0.2) is 6.10 Å². The van der Waals surface area contributed by atoms with Crippen LogP contribution in [-0.4, -0.2) is 29.6 Å². The Hall–Kier alpha value is -3.97. The number of rotatable bonds is 7. The standard InChI is InChI=1S/C29H26N2O4S/c1-3-34-29(33)23-11-7-10-21(14-23)17-31-25-16-22(12-13-26(25)35-19(2)28(31)32)24-18-36-27(30-24)15-20-8-5-4-6-9-20/h4-14,16,18-19H,3,15,17H2,1-2H3. The summed E-state index contributed by atoms with van der Waals surface area (Å²) in [7, 11) is 0. The fraction of sp³-hybridized carbons (Fsp3) is 0.207. The molecule has 36 heavy (non-hydrogen) atoms. The number of anilines is 1. The summed E-state index contributed by atoms with van der Waals surface area (Å²) in [5, 5.41) is 3.07. The van der Waals surface area contributed by atoms with E-state index in [1.54, 1.807) is 48.3 Å². The zero-order valence-corrected chi connectivity index (χ0v) is 21.0. The molecule has 1 aromatic heterocycles. The third-order valence-corrected chi connectivity index (χ3v) is 6.84. The second-order valence-corrected chi connectivity index (χ2v) is 9.52. The number of carbonyl (C=O) groups is 2. The van der Waals surface area contributed by atoms with Gasteiger partial charge in [-0.25, -0.2) is 9.78 Å². The molecule has 0 N–H and O–H groups in total. The van der Waals surface area contributed by atoms with Gasteiger partial charge in [0.1, 0.15) is 5.75 Å². The molecule has 4 aromatic rings. The van der Waals surface area contributed by atoms with E-state index in [0.29, 0.717) is 30.2 Å². The maximum absolute atomic E-state index is 13.2. The van der Waals surface area contributed by atoms with Crippen molar-refractivity contribution in [1.82, 2.24) is 4.98 Å². The zero-order chi connectivity index (χ0) is 25.1. The first-order valence-electron chi connectivity index (χ1n) is 11.9. The average Bonchev–Trinajstić information content (AvgIpc) is 3.36. The molecule has 0 saturated heterocycles. The van der Waals surface area contributed by atoms with Gasteiger partial charge < -0.3 is 14.4 Å². The zero-order valence-electron chi connectivity index (χ0n) is 20.1. The Kier molecular flexibility index (Phi) is 6.82. The summed E-state index contributed by atoms with van der Waals surface area (Å²) in [5.74, 6) is 0.134. The summed E-state index contributed by atoms with van der Waals surface area (Å²) in [6, 6.07) is 23.3. The number of benzene rings is 3. The maximum atomic E-state index is 13.2. The van der Waals surface area contributed by atoms with E-state index in [1.165, 1.54) is 5.56 Å². The van der Waals surface area contributed by atoms with E-state index < -0.39 is 6.10 Å². The van der Waals surface area contributed by atoms with E-state index in [9.17, 15) is 9.59 Å². The first-order chi connectivity index (χ1) is 17.5. The summed E-state index contributed by atoms with van der Waals surface area (Å²) in [5.41, 5.74) is 4.98. The smallest absolute Gasteiger partial charge is 0.338 e. The minimum absolute atomic E-state index is 0.135. The molecule has 1 aliphatic heterocycles. The van der Waals surface area contributed by atoms with E-state index in [4.69, 9.17) is 14.5 Å². The minimum atomic E-state index is -0.603. The number of esters is 1. The van der Waals surface area contributed by atoms with Gasteiger partial charge in [0.25, 0.3) is 5.91 Å². The summed E-state index contributed by atoms with van der Waals surface area (Å²) >= 11 is 1.62. The lowest BCUT2D eigenvalue weighted by atomic mass is 10.1. The van der Waals surface area contributed by atoms with E-state index in [0.717, 1.165) is 28.2 Å². The number of ether oxygens (including phenoxy) is 2. The second-order valence-electron chi connectivity index (χ2n) is 8.58. The van der Waals surface area contributed by atoms with E-state index in [2.05, 4.69) is 12.1 Å². The van der Waals surface area contributed by atoms with Crippen LogP contribution in [0.4, 0.5) is 5.69 Å². The number of thiazole rings is 1. The highest BCUT2D eigenvalue weighted by molar-refractivity contribution is 7.10. The van der Waals surface area contributed by atoms with Crippen LogP contribution in [0, 0.1) is 0 Å². The van der Waals surface area contributed by atoms with Crippen molar-refractivity contribution >= 4 is 28.9 Å². The highest BCUT2D eigenvalue weighted by Gasteiger charge is 2.32. The van der Waals surface area contributed by atoms with Crippen molar-refractivity contribution in [3.05, 3.63) is 99.9 Å². The molecular formula is C29H26N2O4S. The van der Waals surface area contributed by atoms with Crippen molar-refractivity contribution < 1.29 is 19.1 Å². The van der Waals surface area contributed by atoms with Crippen molar-refractivity contribution in [2.45, 2.75) is 32.9 Å². The van der Waals surface area contributed by atoms with Crippen LogP contribution in [-0.2, 0) is 22.5 Å². The van der Waals surface area contributed by atoms with Crippen molar-refractivity contribution in [3.63, 3.8) is 0 Å². The van der Waals surface area contributed by atoms with Crippen LogP contribution in [0.15, 0.2) is 78.2 Å². The van der Waals surface area contributed by atoms with Crippen molar-refractivity contribution in [3.8, 4) is 17.0 Å². The molecule has 1 amide bonds. The molecule has 1 atom stereocenters. The Labute approximate surface area is 214 Å². The first-order valence-corrected chi connectivity index (χ1v) is 12.8. The second kappa shape index (κ2) is 10.3. The predicted octanol–water partition coefficient (Wildman–Crippen LogP) is 5.89. The van der Waals surface area contributed by atoms with Crippen LogP contribution >= 0.6 is 11.3 Å².